The van der Waals surface area contributed by atoms with Gasteiger partial charge in [-0.25, -0.2) is 9.97 Å². The van der Waals surface area contributed by atoms with Crippen molar-refractivity contribution in [2.24, 2.45) is 11.8 Å². The van der Waals surface area contributed by atoms with Gasteiger partial charge in [0.15, 0.2) is 0 Å². The Morgan fingerprint density at radius 1 is 1.30 bits per heavy atom. The molecule has 1 unspecified atom stereocenters. The predicted molar refractivity (Wildman–Crippen MR) is 76.5 cm³/mol. The lowest BCUT2D eigenvalue weighted by atomic mass is 10.0. The Kier molecular flexibility index (Phi) is 2.42. The fourth-order valence-corrected chi connectivity index (χ4v) is 3.32. The molecule has 102 valence electrons. The van der Waals surface area contributed by atoms with Gasteiger partial charge >= 0.3 is 0 Å². The molecule has 4 rings (SSSR count). The Hall–Kier alpha value is -2.17. The van der Waals surface area contributed by atoms with E-state index in [1.807, 2.05) is 6.07 Å². The number of aromatic nitrogens is 2. The molecular formula is C15H16N4O. The molecule has 2 aromatic rings. The summed E-state index contributed by atoms with van der Waals surface area (Å²) in [6, 6.07) is 6.21. The number of carbonyl (C=O) groups excluding carboxylic acids is 1. The minimum Gasteiger partial charge on any atom is -0.355 e. The molecule has 2 atom stereocenters. The Balaban J connectivity index is 1.76. The summed E-state index contributed by atoms with van der Waals surface area (Å²) in [5.41, 5.74) is 2.16. The number of hydrogen-bond acceptors (Lipinski definition) is 4. The Bertz CT molecular complexity index is 699. The van der Waals surface area contributed by atoms with Crippen LogP contribution in [0, 0.1) is 18.8 Å². The van der Waals surface area contributed by atoms with Gasteiger partial charge in [0.2, 0.25) is 5.91 Å². The summed E-state index contributed by atoms with van der Waals surface area (Å²) in [4.78, 5) is 22.8. The van der Waals surface area contributed by atoms with Crippen molar-refractivity contribution in [2.75, 3.05) is 24.5 Å². The van der Waals surface area contributed by atoms with Crippen molar-refractivity contribution in [3.63, 3.8) is 0 Å². The summed E-state index contributed by atoms with van der Waals surface area (Å²) in [6.07, 6.45) is 1.61. The van der Waals surface area contributed by atoms with Crippen molar-refractivity contribution >= 4 is 22.6 Å². The quantitative estimate of drug-likeness (QED) is 0.842. The van der Waals surface area contributed by atoms with E-state index in [4.69, 9.17) is 0 Å². The van der Waals surface area contributed by atoms with Gasteiger partial charge < -0.3 is 10.2 Å². The van der Waals surface area contributed by atoms with Gasteiger partial charge in [-0.1, -0.05) is 11.6 Å². The number of carbonyl (C=O) groups is 1. The first-order chi connectivity index (χ1) is 9.72. The minimum atomic E-state index is 0.116. The van der Waals surface area contributed by atoms with Crippen LogP contribution in [0.2, 0.25) is 0 Å². The predicted octanol–water partition coefficient (Wildman–Crippen LogP) is 1.12. The highest BCUT2D eigenvalue weighted by Crippen LogP contribution is 2.33. The van der Waals surface area contributed by atoms with Crippen LogP contribution < -0.4 is 10.2 Å². The molecular weight excluding hydrogens is 252 g/mol. The molecule has 0 bridgehead atoms. The van der Waals surface area contributed by atoms with Crippen LogP contribution in [0.5, 0.6) is 0 Å². The molecule has 1 aromatic heterocycles. The zero-order chi connectivity index (χ0) is 13.7. The fourth-order valence-electron chi connectivity index (χ4n) is 3.32. The van der Waals surface area contributed by atoms with Crippen LogP contribution in [-0.2, 0) is 4.79 Å². The van der Waals surface area contributed by atoms with Gasteiger partial charge in [0.25, 0.3) is 0 Å². The van der Waals surface area contributed by atoms with E-state index in [9.17, 15) is 4.79 Å². The number of rotatable bonds is 1. The van der Waals surface area contributed by atoms with E-state index in [-0.39, 0.29) is 11.8 Å². The number of nitrogens with one attached hydrogen (secondary N) is 1. The number of nitrogens with zero attached hydrogens (tertiary/aromatic N) is 3. The lowest BCUT2D eigenvalue weighted by Gasteiger charge is -2.20. The average molecular weight is 268 g/mol. The van der Waals surface area contributed by atoms with Crippen LogP contribution in [0.25, 0.3) is 10.9 Å². The Morgan fingerprint density at radius 3 is 3.05 bits per heavy atom. The first kappa shape index (κ1) is 11.6. The molecule has 2 saturated heterocycles. The molecule has 0 radical (unpaired) electrons. The second kappa shape index (κ2) is 4.16. The molecule has 1 aromatic carbocycles. The molecule has 20 heavy (non-hydrogen) atoms. The summed E-state index contributed by atoms with van der Waals surface area (Å²) in [5, 5.41) is 4.02. The molecule has 0 spiro atoms. The van der Waals surface area contributed by atoms with E-state index in [0.717, 1.165) is 36.4 Å². The van der Waals surface area contributed by atoms with E-state index in [0.29, 0.717) is 5.92 Å². The van der Waals surface area contributed by atoms with Crippen molar-refractivity contribution in [3.05, 3.63) is 30.1 Å². The molecule has 2 aliphatic heterocycles. The Labute approximate surface area is 117 Å². The maximum Gasteiger partial charge on any atom is 0.225 e. The normalized spacial score (nSPS) is 25.1. The van der Waals surface area contributed by atoms with E-state index >= 15 is 0 Å². The highest BCUT2D eigenvalue weighted by Gasteiger charge is 2.42. The molecule has 5 nitrogen and oxygen atoms in total. The molecule has 0 aliphatic carbocycles. The van der Waals surface area contributed by atoms with Crippen molar-refractivity contribution in [3.8, 4) is 0 Å². The molecule has 3 heterocycles. The average Bonchev–Trinajstić information content (AvgIpc) is 3.01. The summed E-state index contributed by atoms with van der Waals surface area (Å²) >= 11 is 0. The van der Waals surface area contributed by atoms with Gasteiger partial charge in [-0.3, -0.25) is 4.79 Å². The van der Waals surface area contributed by atoms with E-state index in [1.165, 1.54) is 5.56 Å². The van der Waals surface area contributed by atoms with Crippen molar-refractivity contribution in [2.45, 2.75) is 6.92 Å². The monoisotopic (exact) mass is 268 g/mol. The summed E-state index contributed by atoms with van der Waals surface area (Å²) < 4.78 is 0. The third-order valence-corrected chi connectivity index (χ3v) is 4.39. The second-order valence-electron chi connectivity index (χ2n) is 5.73. The van der Waals surface area contributed by atoms with Crippen LogP contribution in [0.4, 0.5) is 5.82 Å². The van der Waals surface area contributed by atoms with Crippen LogP contribution in [0.1, 0.15) is 5.56 Å². The van der Waals surface area contributed by atoms with E-state index in [2.05, 4.69) is 39.2 Å². The topological polar surface area (TPSA) is 58.1 Å². The fraction of sp³-hybridized carbons (Fsp3) is 0.400. The first-order valence-corrected chi connectivity index (χ1v) is 6.96. The van der Waals surface area contributed by atoms with Crippen molar-refractivity contribution in [1.29, 1.82) is 0 Å². The summed E-state index contributed by atoms with van der Waals surface area (Å²) in [5.74, 6) is 1.68. The van der Waals surface area contributed by atoms with Gasteiger partial charge in [-0.05, 0) is 19.1 Å². The summed E-state index contributed by atoms with van der Waals surface area (Å²) in [6.45, 7) is 4.52. The summed E-state index contributed by atoms with van der Waals surface area (Å²) in [7, 11) is 0. The minimum absolute atomic E-state index is 0.116. The van der Waals surface area contributed by atoms with Crippen molar-refractivity contribution in [1.82, 2.24) is 15.3 Å². The van der Waals surface area contributed by atoms with Crippen molar-refractivity contribution < 1.29 is 4.79 Å². The zero-order valence-corrected chi connectivity index (χ0v) is 11.3. The number of fused-ring (bicyclic) bond motifs is 2. The smallest absolute Gasteiger partial charge is 0.225 e. The van der Waals surface area contributed by atoms with Crippen LogP contribution in [0.15, 0.2) is 24.5 Å². The standard InChI is InChI=1S/C15H16N4O/c1-9-2-3-13-11(4-9)14(18-8-17-13)19-6-10-5-16-15(20)12(10)7-19/h2-4,8,10,12H,5-7H2,1H3,(H,16,20)/t10-,12?/m0/s1. The maximum atomic E-state index is 11.8. The van der Waals surface area contributed by atoms with Crippen LogP contribution in [-0.4, -0.2) is 35.5 Å². The lowest BCUT2D eigenvalue weighted by Crippen LogP contribution is -2.29. The first-order valence-electron chi connectivity index (χ1n) is 6.96. The van der Waals surface area contributed by atoms with Gasteiger partial charge in [0.1, 0.15) is 12.1 Å². The van der Waals surface area contributed by atoms with E-state index in [1.54, 1.807) is 6.33 Å². The van der Waals surface area contributed by atoms with Gasteiger partial charge in [0, 0.05) is 30.9 Å². The zero-order valence-electron chi connectivity index (χ0n) is 11.3. The highest BCUT2D eigenvalue weighted by atomic mass is 16.2. The van der Waals surface area contributed by atoms with Crippen LogP contribution >= 0.6 is 0 Å². The van der Waals surface area contributed by atoms with Gasteiger partial charge in [-0.2, -0.15) is 0 Å². The maximum absolute atomic E-state index is 11.8. The molecule has 2 fully saturated rings. The SMILES string of the molecule is Cc1ccc2ncnc(N3CC4C(=O)NC[C@H]4C3)c2c1. The molecule has 0 saturated carbocycles. The van der Waals surface area contributed by atoms with Gasteiger partial charge in [0.05, 0.1) is 11.4 Å². The Morgan fingerprint density at radius 2 is 2.20 bits per heavy atom. The highest BCUT2D eigenvalue weighted by molar-refractivity contribution is 5.91. The number of aryl methyl sites for hydroxylation is 1. The molecule has 5 heteroatoms. The third-order valence-electron chi connectivity index (χ3n) is 4.39. The number of benzene rings is 1. The number of anilines is 1. The molecule has 2 aliphatic rings. The molecule has 1 N–H and O–H groups in total. The number of amides is 1. The number of hydrogen-bond donors (Lipinski definition) is 1. The van der Waals surface area contributed by atoms with Gasteiger partial charge in [-0.15, -0.1) is 0 Å². The largest absolute Gasteiger partial charge is 0.355 e. The second-order valence-corrected chi connectivity index (χ2v) is 5.73. The van der Waals surface area contributed by atoms with E-state index < -0.39 is 0 Å². The van der Waals surface area contributed by atoms with Crippen LogP contribution in [0.3, 0.4) is 0 Å². The lowest BCUT2D eigenvalue weighted by molar-refractivity contribution is -0.122. The molecule has 1 amide bonds. The third kappa shape index (κ3) is 1.66.